The minimum Gasteiger partial charge on any atom is -0.394 e. The predicted octanol–water partition coefficient (Wildman–Crippen LogP) is 2.09. The van der Waals surface area contributed by atoms with Crippen LogP contribution in [0.2, 0.25) is 0 Å². The number of rotatable bonds is 4. The van der Waals surface area contributed by atoms with Crippen molar-refractivity contribution in [2.45, 2.75) is 39.8 Å². The number of aryl methyl sites for hydroxylation is 2. The maximum Gasteiger partial charge on any atom is 0.146 e. The van der Waals surface area contributed by atoms with Crippen LogP contribution < -0.4 is 5.73 Å². The number of hydrogen-bond donors (Lipinski definition) is 2. The third-order valence-electron chi connectivity index (χ3n) is 3.90. The topological polar surface area (TPSA) is 75.3 Å². The molecule has 0 spiro atoms. The van der Waals surface area contributed by atoms with Crippen molar-refractivity contribution in [1.29, 1.82) is 0 Å². The summed E-state index contributed by atoms with van der Waals surface area (Å²) in [4.78, 5) is 13.2. The van der Waals surface area contributed by atoms with Gasteiger partial charge in [-0.15, -0.1) is 11.3 Å². The normalized spacial score (nSPS) is 12.6. The number of likely N-dealkylation sites (N-methyl/N-ethyl adjacent to an activating group) is 1. The van der Waals surface area contributed by atoms with Crippen LogP contribution in [0.15, 0.2) is 0 Å². The largest absolute Gasteiger partial charge is 0.394 e. The average Bonchev–Trinajstić information content (AvgIpc) is 2.65. The highest BCUT2D eigenvalue weighted by molar-refractivity contribution is 7.18. The standard InChI is InChI=1S/C14H22N4OS/c1-8-9(2)20-13-11(8)12(15)16-10(17-13)6-18(5)14(3,4)7-19/h19H,6-7H2,1-5H3,(H2,15,16,17). The molecule has 0 radical (unpaired) electrons. The molecule has 6 heteroatoms. The zero-order valence-electron chi connectivity index (χ0n) is 12.7. The number of nitrogens with two attached hydrogens (primary N) is 1. The number of aliphatic hydroxyl groups excluding tert-OH is 1. The Hall–Kier alpha value is -1.24. The summed E-state index contributed by atoms with van der Waals surface area (Å²) in [5.41, 5.74) is 6.93. The number of nitrogen functional groups attached to an aromatic ring is 1. The van der Waals surface area contributed by atoms with Gasteiger partial charge in [-0.25, -0.2) is 9.97 Å². The molecule has 2 rings (SSSR count). The van der Waals surface area contributed by atoms with Crippen LogP contribution in [0.25, 0.3) is 10.2 Å². The highest BCUT2D eigenvalue weighted by Gasteiger charge is 2.23. The fourth-order valence-electron chi connectivity index (χ4n) is 1.94. The molecule has 0 saturated heterocycles. The molecule has 0 unspecified atom stereocenters. The van der Waals surface area contributed by atoms with Crippen LogP contribution in [0, 0.1) is 13.8 Å². The molecule has 0 aliphatic rings. The van der Waals surface area contributed by atoms with Gasteiger partial charge in [-0.2, -0.15) is 0 Å². The van der Waals surface area contributed by atoms with Crippen LogP contribution >= 0.6 is 11.3 Å². The number of thiophene rings is 1. The maximum atomic E-state index is 9.40. The first kappa shape index (κ1) is 15.2. The van der Waals surface area contributed by atoms with E-state index < -0.39 is 0 Å². The van der Waals surface area contributed by atoms with Crippen molar-refractivity contribution in [1.82, 2.24) is 14.9 Å². The Morgan fingerprint density at radius 3 is 2.55 bits per heavy atom. The van der Waals surface area contributed by atoms with Gasteiger partial charge in [-0.3, -0.25) is 4.90 Å². The SMILES string of the molecule is Cc1sc2nc(CN(C)C(C)(C)CO)nc(N)c2c1C. The highest BCUT2D eigenvalue weighted by atomic mass is 32.1. The van der Waals surface area contributed by atoms with Gasteiger partial charge in [-0.05, 0) is 40.3 Å². The molecule has 0 aliphatic heterocycles. The van der Waals surface area contributed by atoms with E-state index in [9.17, 15) is 5.11 Å². The molecule has 0 fully saturated rings. The molecule has 2 aromatic rings. The molecule has 3 N–H and O–H groups in total. The van der Waals surface area contributed by atoms with Crippen LogP contribution in [-0.2, 0) is 6.54 Å². The van der Waals surface area contributed by atoms with Crippen LogP contribution in [-0.4, -0.2) is 39.2 Å². The average molecular weight is 294 g/mol. The Labute approximate surface area is 123 Å². The second-order valence-corrected chi connectivity index (χ2v) is 7.02. The van der Waals surface area contributed by atoms with E-state index in [1.165, 1.54) is 4.88 Å². The van der Waals surface area contributed by atoms with E-state index in [2.05, 4.69) is 23.8 Å². The lowest BCUT2D eigenvalue weighted by atomic mass is 10.1. The number of anilines is 1. The van der Waals surface area contributed by atoms with Gasteiger partial charge in [0.15, 0.2) is 0 Å². The summed E-state index contributed by atoms with van der Waals surface area (Å²) < 4.78 is 0. The quantitative estimate of drug-likeness (QED) is 0.903. The number of aliphatic hydroxyl groups is 1. The van der Waals surface area contributed by atoms with Gasteiger partial charge >= 0.3 is 0 Å². The fourth-order valence-corrected chi connectivity index (χ4v) is 3.00. The minimum atomic E-state index is -0.311. The highest BCUT2D eigenvalue weighted by Crippen LogP contribution is 2.32. The number of fused-ring (bicyclic) bond motifs is 1. The van der Waals surface area contributed by atoms with Gasteiger partial charge in [-0.1, -0.05) is 0 Å². The van der Waals surface area contributed by atoms with Gasteiger partial charge in [0.2, 0.25) is 0 Å². The molecular weight excluding hydrogens is 272 g/mol. The zero-order valence-corrected chi connectivity index (χ0v) is 13.5. The number of aromatic nitrogens is 2. The summed E-state index contributed by atoms with van der Waals surface area (Å²) in [6, 6.07) is 0. The van der Waals surface area contributed by atoms with Gasteiger partial charge in [0.25, 0.3) is 0 Å². The van der Waals surface area contributed by atoms with E-state index in [4.69, 9.17) is 5.73 Å². The number of nitrogens with zero attached hydrogens (tertiary/aromatic N) is 3. The molecular formula is C14H22N4OS. The van der Waals surface area contributed by atoms with Crippen molar-refractivity contribution in [3.05, 3.63) is 16.3 Å². The molecule has 0 atom stereocenters. The van der Waals surface area contributed by atoms with Crippen molar-refractivity contribution in [3.63, 3.8) is 0 Å². The van der Waals surface area contributed by atoms with Crippen molar-refractivity contribution in [2.24, 2.45) is 0 Å². The Kier molecular flexibility index (Phi) is 4.00. The van der Waals surface area contributed by atoms with Crippen LogP contribution in [0.3, 0.4) is 0 Å². The summed E-state index contributed by atoms with van der Waals surface area (Å²) in [7, 11) is 1.95. The van der Waals surface area contributed by atoms with Crippen molar-refractivity contribution in [2.75, 3.05) is 19.4 Å². The monoisotopic (exact) mass is 294 g/mol. The van der Waals surface area contributed by atoms with Crippen LogP contribution in [0.4, 0.5) is 5.82 Å². The lowest BCUT2D eigenvalue weighted by Gasteiger charge is -2.33. The zero-order chi connectivity index (χ0) is 15.1. The van der Waals surface area contributed by atoms with Crippen LogP contribution in [0.1, 0.15) is 30.1 Å². The Morgan fingerprint density at radius 2 is 1.95 bits per heavy atom. The van der Waals surface area contributed by atoms with E-state index in [0.29, 0.717) is 18.2 Å². The summed E-state index contributed by atoms with van der Waals surface area (Å²) in [6.07, 6.45) is 0. The molecule has 5 nitrogen and oxygen atoms in total. The van der Waals surface area contributed by atoms with Gasteiger partial charge < -0.3 is 10.8 Å². The van der Waals surface area contributed by atoms with Crippen LogP contribution in [0.5, 0.6) is 0 Å². The minimum absolute atomic E-state index is 0.0818. The molecule has 0 aliphatic carbocycles. The second kappa shape index (κ2) is 5.27. The number of hydrogen-bond acceptors (Lipinski definition) is 6. The molecule has 2 heterocycles. The van der Waals surface area contributed by atoms with Gasteiger partial charge in [0.05, 0.1) is 18.5 Å². The van der Waals surface area contributed by atoms with Crippen molar-refractivity contribution in [3.8, 4) is 0 Å². The fraction of sp³-hybridized carbons (Fsp3) is 0.571. The summed E-state index contributed by atoms with van der Waals surface area (Å²) in [5.74, 6) is 1.24. The lowest BCUT2D eigenvalue weighted by Crippen LogP contribution is -2.43. The Morgan fingerprint density at radius 1 is 1.30 bits per heavy atom. The molecule has 0 amide bonds. The van der Waals surface area contributed by atoms with Gasteiger partial charge in [0, 0.05) is 10.4 Å². The third-order valence-corrected chi connectivity index (χ3v) is 5.00. The molecule has 20 heavy (non-hydrogen) atoms. The second-order valence-electron chi connectivity index (χ2n) is 5.82. The first-order valence-corrected chi connectivity index (χ1v) is 7.42. The van der Waals surface area contributed by atoms with Crippen molar-refractivity contribution >= 4 is 27.4 Å². The maximum absolute atomic E-state index is 9.40. The molecule has 0 aromatic carbocycles. The van der Waals surface area contributed by atoms with E-state index >= 15 is 0 Å². The summed E-state index contributed by atoms with van der Waals surface area (Å²) in [5, 5.41) is 10.4. The van der Waals surface area contributed by atoms with Gasteiger partial charge in [0.1, 0.15) is 16.5 Å². The molecule has 0 saturated carbocycles. The van der Waals surface area contributed by atoms with Crippen molar-refractivity contribution < 1.29 is 5.11 Å². The van der Waals surface area contributed by atoms with E-state index in [-0.39, 0.29) is 12.1 Å². The Balaban J connectivity index is 2.37. The smallest absolute Gasteiger partial charge is 0.146 e. The first-order valence-electron chi connectivity index (χ1n) is 6.60. The summed E-state index contributed by atoms with van der Waals surface area (Å²) in [6.45, 7) is 8.72. The lowest BCUT2D eigenvalue weighted by molar-refractivity contribution is 0.0715. The Bertz CT molecular complexity index is 636. The predicted molar refractivity (Wildman–Crippen MR) is 83.9 cm³/mol. The molecule has 2 aromatic heterocycles. The molecule has 0 bridgehead atoms. The first-order chi connectivity index (χ1) is 9.26. The van der Waals surface area contributed by atoms with E-state index in [0.717, 1.165) is 15.8 Å². The van der Waals surface area contributed by atoms with E-state index in [1.807, 2.05) is 25.8 Å². The van der Waals surface area contributed by atoms with E-state index in [1.54, 1.807) is 11.3 Å². The summed E-state index contributed by atoms with van der Waals surface area (Å²) >= 11 is 1.65. The molecule has 110 valence electrons. The third kappa shape index (κ3) is 2.63.